The summed E-state index contributed by atoms with van der Waals surface area (Å²) in [7, 11) is 1.89. The summed E-state index contributed by atoms with van der Waals surface area (Å²) in [6.45, 7) is 8.20. The first-order valence-electron chi connectivity index (χ1n) is 7.01. The molecule has 1 atom stereocenters. The van der Waals surface area contributed by atoms with Crippen LogP contribution < -0.4 is 5.32 Å². The first kappa shape index (κ1) is 14.1. The van der Waals surface area contributed by atoms with Gasteiger partial charge in [-0.25, -0.2) is 0 Å². The molecule has 3 nitrogen and oxygen atoms in total. The number of likely N-dealkylation sites (N-methyl/N-ethyl adjacent to an activating group) is 1. The lowest BCUT2D eigenvalue weighted by Crippen LogP contribution is -2.46. The van der Waals surface area contributed by atoms with E-state index in [1.54, 1.807) is 0 Å². The zero-order valence-electron chi connectivity index (χ0n) is 12.4. The van der Waals surface area contributed by atoms with Crippen LogP contribution in [-0.4, -0.2) is 30.4 Å². The molecule has 1 unspecified atom stereocenters. The van der Waals surface area contributed by atoms with E-state index >= 15 is 0 Å². The molecular formula is C16H24N2O. The Kier molecular flexibility index (Phi) is 4.25. The zero-order chi connectivity index (χ0) is 14.0. The third-order valence-electron chi connectivity index (χ3n) is 4.03. The van der Waals surface area contributed by atoms with Crippen LogP contribution in [-0.2, 0) is 11.3 Å². The second-order valence-corrected chi connectivity index (χ2v) is 5.77. The molecule has 0 aliphatic carbocycles. The van der Waals surface area contributed by atoms with Gasteiger partial charge >= 0.3 is 0 Å². The van der Waals surface area contributed by atoms with Crippen molar-refractivity contribution in [2.45, 2.75) is 46.2 Å². The first-order valence-corrected chi connectivity index (χ1v) is 7.01. The molecule has 0 bridgehead atoms. The van der Waals surface area contributed by atoms with Crippen LogP contribution in [0.25, 0.3) is 0 Å². The summed E-state index contributed by atoms with van der Waals surface area (Å²) in [5.74, 6) is 0.265. The minimum absolute atomic E-state index is 0.265. The smallest absolute Gasteiger partial charge is 0.222 e. The Morgan fingerprint density at radius 1 is 1.26 bits per heavy atom. The molecule has 3 heteroatoms. The predicted molar refractivity (Wildman–Crippen MR) is 78.2 cm³/mol. The zero-order valence-corrected chi connectivity index (χ0v) is 12.4. The van der Waals surface area contributed by atoms with Crippen molar-refractivity contribution in [1.29, 1.82) is 0 Å². The molecule has 19 heavy (non-hydrogen) atoms. The van der Waals surface area contributed by atoms with E-state index in [4.69, 9.17) is 0 Å². The van der Waals surface area contributed by atoms with Crippen molar-refractivity contribution >= 4 is 5.91 Å². The lowest BCUT2D eigenvalue weighted by atomic mass is 9.99. The van der Waals surface area contributed by atoms with E-state index in [2.05, 4.69) is 38.2 Å². The van der Waals surface area contributed by atoms with Gasteiger partial charge in [0.05, 0.1) is 0 Å². The number of carbonyl (C=O) groups excluding carboxylic acids is 1. The second kappa shape index (κ2) is 5.74. The number of likely N-dealkylation sites (tertiary alicyclic amines) is 1. The van der Waals surface area contributed by atoms with Gasteiger partial charge in [-0.15, -0.1) is 0 Å². The van der Waals surface area contributed by atoms with Crippen molar-refractivity contribution < 1.29 is 4.79 Å². The highest BCUT2D eigenvalue weighted by Gasteiger charge is 2.22. The van der Waals surface area contributed by atoms with Gasteiger partial charge in [-0.05, 0) is 43.9 Å². The highest BCUT2D eigenvalue weighted by atomic mass is 16.2. The molecule has 1 amide bonds. The average molecular weight is 260 g/mol. The molecule has 104 valence electrons. The number of carbonyl (C=O) groups is 1. The van der Waals surface area contributed by atoms with Gasteiger partial charge in [0.2, 0.25) is 5.91 Å². The van der Waals surface area contributed by atoms with E-state index in [1.807, 2.05) is 11.9 Å². The number of nitrogens with zero attached hydrogens (tertiary/aromatic N) is 1. The predicted octanol–water partition coefficient (Wildman–Crippen LogP) is 2.32. The number of benzene rings is 1. The fourth-order valence-corrected chi connectivity index (χ4v) is 2.91. The number of nitrogens with one attached hydrogen (secondary N) is 1. The third-order valence-corrected chi connectivity index (χ3v) is 4.03. The number of hydrogen-bond acceptors (Lipinski definition) is 2. The SMILES string of the molecule is Cc1cc(C)c(CNC2CCC(=O)N(C)C2)c(C)c1. The van der Waals surface area contributed by atoms with Crippen molar-refractivity contribution in [3.63, 3.8) is 0 Å². The van der Waals surface area contributed by atoms with Crippen molar-refractivity contribution in [2.75, 3.05) is 13.6 Å². The summed E-state index contributed by atoms with van der Waals surface area (Å²) in [4.78, 5) is 13.3. The Morgan fingerprint density at radius 2 is 1.89 bits per heavy atom. The van der Waals surface area contributed by atoms with Gasteiger partial charge in [0.25, 0.3) is 0 Å². The average Bonchev–Trinajstić information content (AvgIpc) is 2.32. The van der Waals surface area contributed by atoms with Crippen molar-refractivity contribution in [3.8, 4) is 0 Å². The standard InChI is InChI=1S/C16H24N2O/c1-11-7-12(2)15(13(3)8-11)9-17-14-5-6-16(19)18(4)10-14/h7-8,14,17H,5-6,9-10H2,1-4H3. The van der Waals surface area contributed by atoms with Crippen molar-refractivity contribution in [1.82, 2.24) is 10.2 Å². The Hall–Kier alpha value is -1.35. The van der Waals surface area contributed by atoms with Crippen LogP contribution in [0.3, 0.4) is 0 Å². The molecule has 1 aromatic carbocycles. The summed E-state index contributed by atoms with van der Waals surface area (Å²) in [5, 5.41) is 3.60. The number of piperidine rings is 1. The van der Waals surface area contributed by atoms with E-state index in [0.717, 1.165) is 19.5 Å². The molecule has 1 aromatic rings. The minimum Gasteiger partial charge on any atom is -0.344 e. The van der Waals surface area contributed by atoms with Gasteiger partial charge < -0.3 is 10.2 Å². The topological polar surface area (TPSA) is 32.3 Å². The molecule has 1 aliphatic rings. The van der Waals surface area contributed by atoms with Gasteiger partial charge in [-0.1, -0.05) is 17.7 Å². The number of hydrogen-bond donors (Lipinski definition) is 1. The van der Waals surface area contributed by atoms with E-state index in [1.165, 1.54) is 22.3 Å². The van der Waals surface area contributed by atoms with Gasteiger partial charge in [0.1, 0.15) is 0 Å². The Labute approximate surface area is 116 Å². The van der Waals surface area contributed by atoms with E-state index in [-0.39, 0.29) is 5.91 Å². The maximum absolute atomic E-state index is 11.5. The van der Waals surface area contributed by atoms with Gasteiger partial charge in [0.15, 0.2) is 0 Å². The number of aryl methyl sites for hydroxylation is 3. The second-order valence-electron chi connectivity index (χ2n) is 5.77. The Balaban J connectivity index is 1.98. The Bertz CT molecular complexity index is 459. The molecule has 0 saturated carbocycles. The first-order chi connectivity index (χ1) is 8.97. The number of rotatable bonds is 3. The summed E-state index contributed by atoms with van der Waals surface area (Å²) in [6, 6.07) is 4.89. The quantitative estimate of drug-likeness (QED) is 0.904. The highest BCUT2D eigenvalue weighted by Crippen LogP contribution is 2.17. The van der Waals surface area contributed by atoms with Crippen LogP contribution in [0.2, 0.25) is 0 Å². The van der Waals surface area contributed by atoms with Gasteiger partial charge in [-0.3, -0.25) is 4.79 Å². The molecule has 1 fully saturated rings. The molecule has 1 aliphatic heterocycles. The Morgan fingerprint density at radius 3 is 2.47 bits per heavy atom. The maximum atomic E-state index is 11.5. The summed E-state index contributed by atoms with van der Waals surface area (Å²) in [5.41, 5.74) is 5.42. The largest absolute Gasteiger partial charge is 0.344 e. The van der Waals surface area contributed by atoms with Crippen LogP contribution in [0.1, 0.15) is 35.1 Å². The third kappa shape index (κ3) is 3.35. The van der Waals surface area contributed by atoms with Gasteiger partial charge in [0, 0.05) is 32.6 Å². The molecule has 0 aromatic heterocycles. The fraction of sp³-hybridized carbons (Fsp3) is 0.562. The van der Waals surface area contributed by atoms with Crippen LogP contribution in [0.5, 0.6) is 0 Å². The highest BCUT2D eigenvalue weighted by molar-refractivity contribution is 5.76. The van der Waals surface area contributed by atoms with E-state index in [9.17, 15) is 4.79 Å². The molecule has 1 saturated heterocycles. The van der Waals surface area contributed by atoms with E-state index < -0.39 is 0 Å². The van der Waals surface area contributed by atoms with Crippen molar-refractivity contribution in [2.24, 2.45) is 0 Å². The summed E-state index contributed by atoms with van der Waals surface area (Å²) >= 11 is 0. The van der Waals surface area contributed by atoms with Crippen LogP contribution in [0, 0.1) is 20.8 Å². The maximum Gasteiger partial charge on any atom is 0.222 e. The fourth-order valence-electron chi connectivity index (χ4n) is 2.91. The van der Waals surface area contributed by atoms with Crippen molar-refractivity contribution in [3.05, 3.63) is 34.4 Å². The number of amides is 1. The van der Waals surface area contributed by atoms with Crippen LogP contribution >= 0.6 is 0 Å². The lowest BCUT2D eigenvalue weighted by molar-refractivity contribution is -0.132. The van der Waals surface area contributed by atoms with Gasteiger partial charge in [-0.2, -0.15) is 0 Å². The van der Waals surface area contributed by atoms with E-state index in [0.29, 0.717) is 12.5 Å². The normalized spacial score (nSPS) is 19.9. The molecule has 0 radical (unpaired) electrons. The lowest BCUT2D eigenvalue weighted by Gasteiger charge is -2.30. The van der Waals surface area contributed by atoms with Crippen LogP contribution in [0.15, 0.2) is 12.1 Å². The molecule has 0 spiro atoms. The molecule has 1 heterocycles. The summed E-state index contributed by atoms with van der Waals surface area (Å²) < 4.78 is 0. The summed E-state index contributed by atoms with van der Waals surface area (Å²) in [6.07, 6.45) is 1.62. The monoisotopic (exact) mass is 260 g/mol. The van der Waals surface area contributed by atoms with Crippen LogP contribution in [0.4, 0.5) is 0 Å². The minimum atomic E-state index is 0.265. The molecular weight excluding hydrogens is 236 g/mol. The molecule has 2 rings (SSSR count). The molecule has 1 N–H and O–H groups in total.